The van der Waals surface area contributed by atoms with Gasteiger partial charge in [0, 0.05) is 6.54 Å². The van der Waals surface area contributed by atoms with Gasteiger partial charge in [0.05, 0.1) is 7.11 Å². The van der Waals surface area contributed by atoms with Crippen molar-refractivity contribution in [2.75, 3.05) is 7.11 Å². The molecule has 0 radical (unpaired) electrons. The van der Waals surface area contributed by atoms with Crippen LogP contribution in [0.2, 0.25) is 0 Å². The number of nitrogens with two attached hydrogens (primary N) is 1. The Labute approximate surface area is 125 Å². The second-order valence-corrected chi connectivity index (χ2v) is 4.81. The van der Waals surface area contributed by atoms with E-state index in [2.05, 4.69) is 10.5 Å². The monoisotopic (exact) mass is 293 g/mol. The molecule has 0 fully saturated rings. The molecular formula is C15H23N3O3. The molecule has 6 nitrogen and oxygen atoms in total. The number of methoxy groups -OCH3 is 1. The van der Waals surface area contributed by atoms with Gasteiger partial charge in [0.15, 0.2) is 5.84 Å². The predicted molar refractivity (Wildman–Crippen MR) is 81.3 cm³/mol. The molecule has 1 rings (SSSR count). The summed E-state index contributed by atoms with van der Waals surface area (Å²) in [5.41, 5.74) is 5.65. The van der Waals surface area contributed by atoms with E-state index < -0.39 is 5.41 Å². The highest BCUT2D eigenvalue weighted by atomic mass is 16.5. The van der Waals surface area contributed by atoms with Gasteiger partial charge in [0.25, 0.3) is 0 Å². The van der Waals surface area contributed by atoms with E-state index in [0.717, 1.165) is 11.3 Å². The van der Waals surface area contributed by atoms with Crippen LogP contribution in [0.4, 0.5) is 0 Å². The molecule has 0 atom stereocenters. The molecule has 0 aliphatic carbocycles. The molecule has 0 bridgehead atoms. The Morgan fingerprint density at radius 3 is 2.62 bits per heavy atom. The van der Waals surface area contributed by atoms with Crippen molar-refractivity contribution < 1.29 is 14.7 Å². The Hall–Kier alpha value is -2.24. The summed E-state index contributed by atoms with van der Waals surface area (Å²) in [4.78, 5) is 12.4. The van der Waals surface area contributed by atoms with Gasteiger partial charge in [-0.2, -0.15) is 0 Å². The number of carbonyl (C=O) groups excluding carboxylic acids is 1. The second kappa shape index (κ2) is 7.52. The Balaban J connectivity index is 2.83. The van der Waals surface area contributed by atoms with Gasteiger partial charge in [0.1, 0.15) is 11.2 Å². The van der Waals surface area contributed by atoms with Crippen LogP contribution in [0.25, 0.3) is 0 Å². The van der Waals surface area contributed by atoms with Crippen molar-refractivity contribution in [2.45, 2.75) is 33.2 Å². The van der Waals surface area contributed by atoms with E-state index in [-0.39, 0.29) is 11.7 Å². The van der Waals surface area contributed by atoms with Crippen molar-refractivity contribution in [2.24, 2.45) is 16.3 Å². The first-order valence-corrected chi connectivity index (χ1v) is 6.93. The fourth-order valence-corrected chi connectivity index (χ4v) is 2.28. The van der Waals surface area contributed by atoms with E-state index in [4.69, 9.17) is 15.7 Å². The smallest absolute Gasteiger partial charge is 0.234 e. The molecule has 0 heterocycles. The molecule has 4 N–H and O–H groups in total. The quantitative estimate of drug-likeness (QED) is 0.309. The highest BCUT2D eigenvalue weighted by Gasteiger charge is 2.39. The van der Waals surface area contributed by atoms with Crippen LogP contribution < -0.4 is 15.8 Å². The summed E-state index contributed by atoms with van der Waals surface area (Å²) in [5, 5.41) is 14.8. The Bertz CT molecular complexity index is 511. The zero-order valence-electron chi connectivity index (χ0n) is 12.7. The van der Waals surface area contributed by atoms with Gasteiger partial charge >= 0.3 is 0 Å². The maximum Gasteiger partial charge on any atom is 0.234 e. The fourth-order valence-electron chi connectivity index (χ4n) is 2.28. The lowest BCUT2D eigenvalue weighted by molar-refractivity contribution is -0.128. The second-order valence-electron chi connectivity index (χ2n) is 4.81. The first kappa shape index (κ1) is 16.8. The number of hydrogen-bond donors (Lipinski definition) is 3. The molecule has 116 valence electrons. The van der Waals surface area contributed by atoms with Crippen molar-refractivity contribution >= 4 is 11.7 Å². The molecule has 0 aliphatic rings. The fraction of sp³-hybridized carbons (Fsp3) is 0.467. The van der Waals surface area contributed by atoms with Crippen molar-refractivity contribution in [3.63, 3.8) is 0 Å². The van der Waals surface area contributed by atoms with E-state index in [1.54, 1.807) is 7.11 Å². The Morgan fingerprint density at radius 2 is 2.10 bits per heavy atom. The largest absolute Gasteiger partial charge is 0.497 e. The molecule has 1 aromatic carbocycles. The molecular weight excluding hydrogens is 270 g/mol. The summed E-state index contributed by atoms with van der Waals surface area (Å²) >= 11 is 0. The van der Waals surface area contributed by atoms with E-state index >= 15 is 0 Å². The predicted octanol–water partition coefficient (Wildman–Crippen LogP) is 1.86. The van der Waals surface area contributed by atoms with Crippen LogP contribution in [0.3, 0.4) is 0 Å². The van der Waals surface area contributed by atoms with E-state index in [1.165, 1.54) is 0 Å². The zero-order valence-corrected chi connectivity index (χ0v) is 12.7. The maximum absolute atomic E-state index is 12.4. The standard InChI is InChI=1S/C15H23N3O3/c1-4-15(5-2,13(16)18-20)14(19)17-10-11-7-6-8-12(9-11)21-3/h6-9,20H,4-5,10H2,1-3H3,(H2,16,18)(H,17,19). The molecule has 0 saturated carbocycles. The van der Waals surface area contributed by atoms with Crippen LogP contribution in [0.1, 0.15) is 32.3 Å². The average Bonchev–Trinajstić information content (AvgIpc) is 2.54. The van der Waals surface area contributed by atoms with Gasteiger partial charge in [-0.3, -0.25) is 4.79 Å². The third-order valence-corrected chi connectivity index (χ3v) is 3.83. The SMILES string of the molecule is CCC(CC)(C(=O)NCc1cccc(OC)c1)C(N)=NO. The highest BCUT2D eigenvalue weighted by Crippen LogP contribution is 2.27. The number of nitrogens with one attached hydrogen (secondary N) is 1. The minimum atomic E-state index is -0.979. The van der Waals surface area contributed by atoms with Crippen LogP contribution in [-0.4, -0.2) is 24.1 Å². The number of rotatable bonds is 7. The Kier molecular flexibility index (Phi) is 6.02. The molecule has 0 aliphatic heterocycles. The summed E-state index contributed by atoms with van der Waals surface area (Å²) in [6.07, 6.45) is 0.923. The van der Waals surface area contributed by atoms with Crippen molar-refractivity contribution in [3.05, 3.63) is 29.8 Å². The van der Waals surface area contributed by atoms with Crippen LogP contribution >= 0.6 is 0 Å². The third kappa shape index (κ3) is 3.65. The number of benzene rings is 1. The minimum Gasteiger partial charge on any atom is -0.497 e. The molecule has 21 heavy (non-hydrogen) atoms. The van der Waals surface area contributed by atoms with Crippen LogP contribution in [-0.2, 0) is 11.3 Å². The number of oxime groups is 1. The van der Waals surface area contributed by atoms with E-state index in [9.17, 15) is 4.79 Å². The van der Waals surface area contributed by atoms with Gasteiger partial charge < -0.3 is 21.0 Å². The van der Waals surface area contributed by atoms with E-state index in [0.29, 0.717) is 19.4 Å². The van der Waals surface area contributed by atoms with Crippen LogP contribution in [0, 0.1) is 5.41 Å². The first-order valence-electron chi connectivity index (χ1n) is 6.93. The van der Waals surface area contributed by atoms with Gasteiger partial charge in [-0.05, 0) is 30.5 Å². The lowest BCUT2D eigenvalue weighted by Gasteiger charge is -2.28. The molecule has 6 heteroatoms. The summed E-state index contributed by atoms with van der Waals surface area (Å²) in [6, 6.07) is 7.44. The molecule has 0 unspecified atom stereocenters. The summed E-state index contributed by atoms with van der Waals surface area (Å²) in [5.74, 6) is 0.427. The minimum absolute atomic E-state index is 0.0596. The van der Waals surface area contributed by atoms with Crippen molar-refractivity contribution in [1.29, 1.82) is 0 Å². The van der Waals surface area contributed by atoms with Crippen LogP contribution in [0.15, 0.2) is 29.4 Å². The average molecular weight is 293 g/mol. The first-order chi connectivity index (χ1) is 10.0. The molecule has 0 spiro atoms. The number of amidine groups is 1. The van der Waals surface area contributed by atoms with Gasteiger partial charge in [0.2, 0.25) is 5.91 Å². The highest BCUT2D eigenvalue weighted by molar-refractivity contribution is 6.06. The third-order valence-electron chi connectivity index (χ3n) is 3.83. The molecule has 0 saturated heterocycles. The maximum atomic E-state index is 12.4. The number of nitrogens with zero attached hydrogens (tertiary/aromatic N) is 1. The lowest BCUT2D eigenvalue weighted by atomic mass is 9.80. The van der Waals surface area contributed by atoms with Crippen molar-refractivity contribution in [1.82, 2.24) is 5.32 Å². The van der Waals surface area contributed by atoms with Gasteiger partial charge in [-0.25, -0.2) is 0 Å². The number of hydrogen-bond acceptors (Lipinski definition) is 4. The zero-order chi connectivity index (χ0) is 15.9. The summed E-state index contributed by atoms with van der Waals surface area (Å²) < 4.78 is 5.14. The molecule has 1 aromatic rings. The topological polar surface area (TPSA) is 96.9 Å². The van der Waals surface area contributed by atoms with Crippen LogP contribution in [0.5, 0.6) is 5.75 Å². The van der Waals surface area contributed by atoms with E-state index in [1.807, 2.05) is 38.1 Å². The lowest BCUT2D eigenvalue weighted by Crippen LogP contribution is -2.49. The summed E-state index contributed by atoms with van der Waals surface area (Å²) in [7, 11) is 1.59. The number of ether oxygens (including phenoxy) is 1. The number of carbonyl (C=O) groups is 1. The normalized spacial score (nSPS) is 12.0. The molecule has 1 amide bonds. The number of amides is 1. The molecule has 0 aromatic heterocycles. The van der Waals surface area contributed by atoms with Gasteiger partial charge in [-0.15, -0.1) is 0 Å². The summed E-state index contributed by atoms with van der Waals surface area (Å²) in [6.45, 7) is 4.04. The Morgan fingerprint density at radius 1 is 1.43 bits per heavy atom. The van der Waals surface area contributed by atoms with Gasteiger partial charge in [-0.1, -0.05) is 31.1 Å². The van der Waals surface area contributed by atoms with Crippen molar-refractivity contribution in [3.8, 4) is 5.75 Å².